The zero-order chi connectivity index (χ0) is 19.6. The van der Waals surface area contributed by atoms with Gasteiger partial charge in [-0.25, -0.2) is 4.79 Å². The van der Waals surface area contributed by atoms with Gasteiger partial charge >= 0.3 is 5.97 Å². The number of nitrogens with one attached hydrogen (secondary N) is 1. The van der Waals surface area contributed by atoms with E-state index in [1.807, 2.05) is 19.1 Å². The van der Waals surface area contributed by atoms with Crippen LogP contribution in [0.1, 0.15) is 22.8 Å². The van der Waals surface area contributed by atoms with Gasteiger partial charge in [-0.05, 0) is 26.0 Å². The summed E-state index contributed by atoms with van der Waals surface area (Å²) >= 11 is 0. The molecule has 2 aromatic rings. The van der Waals surface area contributed by atoms with E-state index in [1.54, 1.807) is 12.1 Å². The van der Waals surface area contributed by atoms with Crippen molar-refractivity contribution in [2.24, 2.45) is 0 Å². The molecule has 0 saturated carbocycles. The van der Waals surface area contributed by atoms with Crippen molar-refractivity contribution < 1.29 is 28.7 Å². The largest absolute Gasteiger partial charge is 0.454 e. The summed E-state index contributed by atoms with van der Waals surface area (Å²) in [6.07, 6.45) is -1.16. The van der Waals surface area contributed by atoms with Crippen LogP contribution in [0.4, 0.5) is 11.4 Å². The smallest absolute Gasteiger partial charge is 0.346 e. The van der Waals surface area contributed by atoms with E-state index < -0.39 is 28.6 Å². The molecule has 27 heavy (non-hydrogen) atoms. The number of aryl methyl sites for hydroxylation is 1. The molecule has 0 bridgehead atoms. The summed E-state index contributed by atoms with van der Waals surface area (Å²) in [7, 11) is 0. The van der Waals surface area contributed by atoms with Crippen molar-refractivity contribution in [1.82, 2.24) is 0 Å². The number of amides is 1. The maximum absolute atomic E-state index is 12.4. The molecule has 0 aromatic heterocycles. The van der Waals surface area contributed by atoms with E-state index >= 15 is 0 Å². The minimum Gasteiger partial charge on any atom is -0.454 e. The lowest BCUT2D eigenvalue weighted by atomic mass is 10.1. The Labute approximate surface area is 154 Å². The zero-order valence-electron chi connectivity index (χ0n) is 14.6. The van der Waals surface area contributed by atoms with Gasteiger partial charge in [0.15, 0.2) is 17.6 Å². The first-order chi connectivity index (χ1) is 12.8. The number of esters is 1. The Morgan fingerprint density at radius 1 is 1.19 bits per heavy atom. The van der Waals surface area contributed by atoms with Crippen LogP contribution in [0.5, 0.6) is 11.5 Å². The summed E-state index contributed by atoms with van der Waals surface area (Å²) in [5, 5.41) is 13.8. The SMILES string of the molecule is Cc1ccc(NC(=O)C(C)OC(=O)c2cc3c(cc2[N+](=O)[O-])OCO3)cc1. The molecule has 0 fully saturated rings. The van der Waals surface area contributed by atoms with Gasteiger partial charge in [0.25, 0.3) is 11.6 Å². The van der Waals surface area contributed by atoms with Gasteiger partial charge in [0, 0.05) is 11.8 Å². The van der Waals surface area contributed by atoms with Gasteiger partial charge in [-0.3, -0.25) is 14.9 Å². The number of rotatable bonds is 5. The minimum atomic E-state index is -1.16. The molecule has 1 N–H and O–H groups in total. The van der Waals surface area contributed by atoms with Crippen LogP contribution < -0.4 is 14.8 Å². The number of anilines is 1. The highest BCUT2D eigenvalue weighted by atomic mass is 16.7. The molecule has 0 spiro atoms. The van der Waals surface area contributed by atoms with Gasteiger partial charge < -0.3 is 19.5 Å². The maximum Gasteiger partial charge on any atom is 0.346 e. The van der Waals surface area contributed by atoms with E-state index in [9.17, 15) is 19.7 Å². The molecule has 0 radical (unpaired) electrons. The van der Waals surface area contributed by atoms with E-state index in [2.05, 4.69) is 5.32 Å². The molecule has 2 aromatic carbocycles. The summed E-state index contributed by atoms with van der Waals surface area (Å²) in [5.41, 5.74) is 0.764. The first-order valence-electron chi connectivity index (χ1n) is 8.01. The Morgan fingerprint density at radius 3 is 2.44 bits per heavy atom. The molecule has 1 aliphatic rings. The standard InChI is InChI=1S/C18H16N2O7/c1-10-3-5-12(6-4-10)19-17(21)11(2)27-18(22)13-7-15-16(26-9-25-15)8-14(13)20(23)24/h3-8,11H,9H2,1-2H3,(H,19,21). The molecule has 1 unspecified atom stereocenters. The number of ether oxygens (including phenoxy) is 3. The molecule has 1 atom stereocenters. The predicted molar refractivity (Wildman–Crippen MR) is 93.9 cm³/mol. The molecule has 9 nitrogen and oxygen atoms in total. The van der Waals surface area contributed by atoms with Crippen LogP contribution in [-0.4, -0.2) is 29.7 Å². The molecule has 1 heterocycles. The first kappa shape index (κ1) is 18.2. The fourth-order valence-electron chi connectivity index (χ4n) is 2.40. The lowest BCUT2D eigenvalue weighted by Crippen LogP contribution is -2.30. The van der Waals surface area contributed by atoms with Crippen molar-refractivity contribution in [3.8, 4) is 11.5 Å². The fourth-order valence-corrected chi connectivity index (χ4v) is 2.40. The third kappa shape index (κ3) is 3.97. The van der Waals surface area contributed by atoms with E-state index in [0.29, 0.717) is 5.69 Å². The number of hydrogen-bond acceptors (Lipinski definition) is 7. The monoisotopic (exact) mass is 372 g/mol. The molecule has 140 valence electrons. The van der Waals surface area contributed by atoms with Crippen molar-refractivity contribution in [1.29, 1.82) is 0 Å². The zero-order valence-corrected chi connectivity index (χ0v) is 14.6. The summed E-state index contributed by atoms with van der Waals surface area (Å²) < 4.78 is 15.3. The number of carbonyl (C=O) groups is 2. The van der Waals surface area contributed by atoms with Crippen LogP contribution in [0.15, 0.2) is 36.4 Å². The van der Waals surface area contributed by atoms with E-state index in [-0.39, 0.29) is 23.9 Å². The summed E-state index contributed by atoms with van der Waals surface area (Å²) in [6.45, 7) is 3.19. The number of nitro groups is 1. The van der Waals surface area contributed by atoms with Crippen molar-refractivity contribution in [3.05, 3.63) is 57.6 Å². The molecule has 3 rings (SSSR count). The Morgan fingerprint density at radius 2 is 1.81 bits per heavy atom. The Kier molecular flexibility index (Phi) is 4.93. The Hall–Kier alpha value is -3.62. The summed E-state index contributed by atoms with van der Waals surface area (Å²) in [6, 6.07) is 9.34. The van der Waals surface area contributed by atoms with Crippen LogP contribution >= 0.6 is 0 Å². The lowest BCUT2D eigenvalue weighted by molar-refractivity contribution is -0.385. The third-order valence-electron chi connectivity index (χ3n) is 3.88. The maximum atomic E-state index is 12.4. The second-order valence-corrected chi connectivity index (χ2v) is 5.88. The van der Waals surface area contributed by atoms with Gasteiger partial charge in [-0.15, -0.1) is 0 Å². The van der Waals surface area contributed by atoms with Gasteiger partial charge in [-0.1, -0.05) is 17.7 Å². The topological polar surface area (TPSA) is 117 Å². The van der Waals surface area contributed by atoms with Crippen molar-refractivity contribution in [3.63, 3.8) is 0 Å². The van der Waals surface area contributed by atoms with Crippen LogP contribution in [0.25, 0.3) is 0 Å². The minimum absolute atomic E-state index is 0.0969. The van der Waals surface area contributed by atoms with Crippen LogP contribution in [-0.2, 0) is 9.53 Å². The van der Waals surface area contributed by atoms with Gasteiger partial charge in [0.1, 0.15) is 5.56 Å². The van der Waals surface area contributed by atoms with E-state index in [0.717, 1.165) is 11.6 Å². The van der Waals surface area contributed by atoms with Crippen LogP contribution in [0.3, 0.4) is 0 Å². The molecular formula is C18H16N2O7. The highest BCUT2D eigenvalue weighted by Gasteiger charge is 2.30. The molecule has 0 saturated heterocycles. The molecule has 1 aliphatic heterocycles. The van der Waals surface area contributed by atoms with Gasteiger partial charge in [0.05, 0.1) is 11.0 Å². The fraction of sp³-hybridized carbons (Fsp3) is 0.222. The molecular weight excluding hydrogens is 356 g/mol. The second-order valence-electron chi connectivity index (χ2n) is 5.88. The second kappa shape index (κ2) is 7.32. The van der Waals surface area contributed by atoms with Gasteiger partial charge in [-0.2, -0.15) is 0 Å². The first-order valence-corrected chi connectivity index (χ1v) is 8.01. The number of nitro benzene ring substituents is 1. The normalized spacial score (nSPS) is 13.0. The van der Waals surface area contributed by atoms with Crippen LogP contribution in [0.2, 0.25) is 0 Å². The molecule has 1 amide bonds. The quantitative estimate of drug-likeness (QED) is 0.487. The highest BCUT2D eigenvalue weighted by molar-refractivity contribution is 5.99. The Bertz CT molecular complexity index is 909. The molecule has 0 aliphatic carbocycles. The summed E-state index contributed by atoms with van der Waals surface area (Å²) in [4.78, 5) is 35.1. The number of carbonyl (C=O) groups excluding carboxylic acids is 2. The highest BCUT2D eigenvalue weighted by Crippen LogP contribution is 2.38. The van der Waals surface area contributed by atoms with Crippen LogP contribution in [0, 0.1) is 17.0 Å². The van der Waals surface area contributed by atoms with Crippen molar-refractivity contribution >= 4 is 23.3 Å². The Balaban J connectivity index is 1.73. The number of nitrogens with zero attached hydrogens (tertiary/aromatic N) is 1. The lowest BCUT2D eigenvalue weighted by Gasteiger charge is -2.14. The number of hydrogen-bond donors (Lipinski definition) is 1. The van der Waals surface area contributed by atoms with Crippen molar-refractivity contribution in [2.45, 2.75) is 20.0 Å². The third-order valence-corrected chi connectivity index (χ3v) is 3.88. The number of fused-ring (bicyclic) bond motifs is 1. The average molecular weight is 372 g/mol. The molecule has 9 heteroatoms. The summed E-state index contributed by atoms with van der Waals surface area (Å²) in [5.74, 6) is -1.20. The average Bonchev–Trinajstić information content (AvgIpc) is 3.09. The number of benzene rings is 2. The predicted octanol–water partition coefficient (Wildman–Crippen LogP) is 2.82. The van der Waals surface area contributed by atoms with E-state index in [1.165, 1.54) is 13.0 Å². The van der Waals surface area contributed by atoms with Gasteiger partial charge in [0.2, 0.25) is 6.79 Å². The van der Waals surface area contributed by atoms with E-state index in [4.69, 9.17) is 14.2 Å². The van der Waals surface area contributed by atoms with Crippen molar-refractivity contribution in [2.75, 3.05) is 12.1 Å².